The summed E-state index contributed by atoms with van der Waals surface area (Å²) in [7, 11) is 0. The molecule has 0 atom stereocenters. The summed E-state index contributed by atoms with van der Waals surface area (Å²) in [6.45, 7) is 11.0. The normalized spacial score (nSPS) is 16.1. The van der Waals surface area contributed by atoms with Gasteiger partial charge in [0.1, 0.15) is 0 Å². The highest BCUT2D eigenvalue weighted by Crippen LogP contribution is 2.19. The molecule has 0 saturated carbocycles. The Labute approximate surface area is 164 Å². The summed E-state index contributed by atoms with van der Waals surface area (Å²) in [6, 6.07) is 6.05. The van der Waals surface area contributed by atoms with Crippen LogP contribution in [0.1, 0.15) is 31.9 Å². The molecular formula is C20H28BrN3O2. The first-order valence-electron chi connectivity index (χ1n) is 8.90. The number of benzene rings is 1. The largest absolute Gasteiger partial charge is 0.350 e. The number of carbonyl (C=O) groups excluding carboxylic acids is 2. The Bertz CT molecular complexity index is 687. The molecule has 1 heterocycles. The van der Waals surface area contributed by atoms with E-state index < -0.39 is 0 Å². The number of amides is 2. The van der Waals surface area contributed by atoms with Crippen molar-refractivity contribution in [3.8, 4) is 0 Å². The molecule has 1 N–H and O–H groups in total. The molecule has 2 rings (SSSR count). The number of nitrogens with one attached hydrogen (secondary N) is 1. The van der Waals surface area contributed by atoms with Gasteiger partial charge in [0, 0.05) is 42.3 Å². The quantitative estimate of drug-likeness (QED) is 0.760. The molecule has 0 aliphatic carbocycles. The van der Waals surface area contributed by atoms with Gasteiger partial charge in [-0.05, 0) is 51.0 Å². The van der Waals surface area contributed by atoms with Crippen molar-refractivity contribution in [1.82, 2.24) is 15.1 Å². The van der Waals surface area contributed by atoms with Crippen molar-refractivity contribution < 1.29 is 9.59 Å². The zero-order chi connectivity index (χ0) is 19.3. The fourth-order valence-corrected chi connectivity index (χ4v) is 3.45. The lowest BCUT2D eigenvalue weighted by molar-refractivity contribution is -0.128. The summed E-state index contributed by atoms with van der Waals surface area (Å²) >= 11 is 3.52. The lowest BCUT2D eigenvalue weighted by Gasteiger charge is -2.34. The third kappa shape index (κ3) is 6.57. The third-order valence-corrected chi connectivity index (χ3v) is 4.81. The molecule has 6 heteroatoms. The Balaban J connectivity index is 1.82. The van der Waals surface area contributed by atoms with Crippen molar-refractivity contribution in [3.05, 3.63) is 39.9 Å². The lowest BCUT2D eigenvalue weighted by Crippen LogP contribution is -2.52. The van der Waals surface area contributed by atoms with Gasteiger partial charge in [-0.1, -0.05) is 28.1 Å². The first-order valence-corrected chi connectivity index (χ1v) is 9.70. The molecule has 1 saturated heterocycles. The summed E-state index contributed by atoms with van der Waals surface area (Å²) in [6.07, 6.45) is 3.46. The molecule has 142 valence electrons. The zero-order valence-corrected chi connectivity index (χ0v) is 17.6. The minimum absolute atomic E-state index is 0.0104. The van der Waals surface area contributed by atoms with Crippen LogP contribution < -0.4 is 5.32 Å². The fraction of sp³-hybridized carbons (Fsp3) is 0.500. The van der Waals surface area contributed by atoms with E-state index in [0.717, 1.165) is 10.0 Å². The molecule has 26 heavy (non-hydrogen) atoms. The van der Waals surface area contributed by atoms with Crippen LogP contribution in [0.3, 0.4) is 0 Å². The zero-order valence-electron chi connectivity index (χ0n) is 16.0. The fourth-order valence-electron chi connectivity index (χ4n) is 2.82. The van der Waals surface area contributed by atoms with Crippen LogP contribution in [0, 0.1) is 6.92 Å². The number of carbonyl (C=O) groups is 2. The van der Waals surface area contributed by atoms with Crippen LogP contribution in [0.5, 0.6) is 0 Å². The Kier molecular flexibility index (Phi) is 7.01. The summed E-state index contributed by atoms with van der Waals surface area (Å²) in [5, 5.41) is 2.97. The number of hydrogen-bond acceptors (Lipinski definition) is 3. The van der Waals surface area contributed by atoms with Gasteiger partial charge < -0.3 is 10.2 Å². The highest BCUT2D eigenvalue weighted by atomic mass is 79.9. The molecule has 0 unspecified atom stereocenters. The topological polar surface area (TPSA) is 52.7 Å². The maximum Gasteiger partial charge on any atom is 0.246 e. The van der Waals surface area contributed by atoms with E-state index in [-0.39, 0.29) is 17.4 Å². The van der Waals surface area contributed by atoms with Gasteiger partial charge in [0.15, 0.2) is 0 Å². The van der Waals surface area contributed by atoms with Crippen LogP contribution in [-0.2, 0) is 9.59 Å². The highest BCUT2D eigenvalue weighted by Gasteiger charge is 2.22. The smallest absolute Gasteiger partial charge is 0.246 e. The number of hydrogen-bond donors (Lipinski definition) is 1. The number of halogens is 1. The predicted molar refractivity (Wildman–Crippen MR) is 109 cm³/mol. The van der Waals surface area contributed by atoms with Crippen LogP contribution in [0.25, 0.3) is 6.08 Å². The van der Waals surface area contributed by atoms with Crippen molar-refractivity contribution in [2.45, 2.75) is 33.2 Å². The van der Waals surface area contributed by atoms with Crippen LogP contribution in [-0.4, -0.2) is 59.9 Å². The van der Waals surface area contributed by atoms with E-state index in [4.69, 9.17) is 0 Å². The molecule has 2 amide bonds. The molecule has 0 aromatic heterocycles. The molecular weight excluding hydrogens is 394 g/mol. The number of aryl methyl sites for hydroxylation is 1. The number of piperazine rings is 1. The lowest BCUT2D eigenvalue weighted by atomic mass is 10.1. The van der Waals surface area contributed by atoms with Gasteiger partial charge >= 0.3 is 0 Å². The third-order valence-electron chi connectivity index (χ3n) is 4.13. The first-order chi connectivity index (χ1) is 12.1. The average Bonchev–Trinajstić information content (AvgIpc) is 2.52. The van der Waals surface area contributed by atoms with E-state index in [2.05, 4.69) is 26.1 Å². The second kappa shape index (κ2) is 8.82. The summed E-state index contributed by atoms with van der Waals surface area (Å²) in [4.78, 5) is 28.3. The highest BCUT2D eigenvalue weighted by molar-refractivity contribution is 9.10. The van der Waals surface area contributed by atoms with Gasteiger partial charge in [-0.15, -0.1) is 0 Å². The Morgan fingerprint density at radius 2 is 1.85 bits per heavy atom. The van der Waals surface area contributed by atoms with Gasteiger partial charge in [-0.3, -0.25) is 14.5 Å². The van der Waals surface area contributed by atoms with Crippen LogP contribution in [0.15, 0.2) is 28.7 Å². The summed E-state index contributed by atoms with van der Waals surface area (Å²) in [5.74, 6) is 0.0395. The molecule has 1 aliphatic heterocycles. The Hall–Kier alpha value is -1.66. The SMILES string of the molecule is Cc1ccc(C=CC(=O)N2CCN(CC(=O)NC(C)(C)C)CC2)c(Br)c1. The summed E-state index contributed by atoms with van der Waals surface area (Å²) < 4.78 is 0.983. The van der Waals surface area contributed by atoms with Gasteiger partial charge in [-0.25, -0.2) is 0 Å². The molecule has 5 nitrogen and oxygen atoms in total. The van der Waals surface area contributed by atoms with E-state index in [0.29, 0.717) is 32.7 Å². The van der Waals surface area contributed by atoms with Gasteiger partial charge in [-0.2, -0.15) is 0 Å². The van der Waals surface area contributed by atoms with Gasteiger partial charge in [0.2, 0.25) is 11.8 Å². The first kappa shape index (κ1) is 20.6. The predicted octanol–water partition coefficient (Wildman–Crippen LogP) is 2.83. The molecule has 1 aromatic carbocycles. The number of rotatable bonds is 4. The molecule has 0 bridgehead atoms. The van der Waals surface area contributed by atoms with Crippen molar-refractivity contribution in [2.75, 3.05) is 32.7 Å². The minimum atomic E-state index is -0.218. The van der Waals surface area contributed by atoms with E-state index in [1.165, 1.54) is 5.56 Å². The van der Waals surface area contributed by atoms with E-state index >= 15 is 0 Å². The second-order valence-electron chi connectivity index (χ2n) is 7.76. The maximum absolute atomic E-state index is 12.4. The van der Waals surface area contributed by atoms with Crippen LogP contribution in [0.4, 0.5) is 0 Å². The maximum atomic E-state index is 12.4. The van der Waals surface area contributed by atoms with E-state index in [1.807, 2.05) is 56.9 Å². The van der Waals surface area contributed by atoms with Crippen molar-refractivity contribution in [1.29, 1.82) is 0 Å². The second-order valence-corrected chi connectivity index (χ2v) is 8.61. The Morgan fingerprint density at radius 3 is 2.42 bits per heavy atom. The standard InChI is InChI=1S/C20H28BrN3O2/c1-15-5-6-16(17(21)13-15)7-8-19(26)24-11-9-23(10-12-24)14-18(25)22-20(2,3)4/h5-8,13H,9-12,14H2,1-4H3,(H,22,25). The summed E-state index contributed by atoms with van der Waals surface area (Å²) in [5.41, 5.74) is 1.94. The Morgan fingerprint density at radius 1 is 1.19 bits per heavy atom. The molecule has 1 aliphatic rings. The minimum Gasteiger partial charge on any atom is -0.350 e. The molecule has 1 aromatic rings. The van der Waals surface area contributed by atoms with E-state index in [9.17, 15) is 9.59 Å². The molecule has 1 fully saturated rings. The van der Waals surface area contributed by atoms with Crippen molar-refractivity contribution in [3.63, 3.8) is 0 Å². The number of nitrogens with zero attached hydrogens (tertiary/aromatic N) is 2. The average molecular weight is 422 g/mol. The molecule has 0 spiro atoms. The van der Waals surface area contributed by atoms with Crippen molar-refractivity contribution >= 4 is 33.8 Å². The van der Waals surface area contributed by atoms with Gasteiger partial charge in [0.05, 0.1) is 6.54 Å². The monoisotopic (exact) mass is 421 g/mol. The van der Waals surface area contributed by atoms with Gasteiger partial charge in [0.25, 0.3) is 0 Å². The molecule has 0 radical (unpaired) electrons. The van der Waals surface area contributed by atoms with Crippen LogP contribution >= 0.6 is 15.9 Å². The van der Waals surface area contributed by atoms with E-state index in [1.54, 1.807) is 6.08 Å². The van der Waals surface area contributed by atoms with Crippen molar-refractivity contribution in [2.24, 2.45) is 0 Å². The van der Waals surface area contributed by atoms with Crippen LogP contribution in [0.2, 0.25) is 0 Å².